The van der Waals surface area contributed by atoms with Gasteiger partial charge in [0.05, 0.1) is 17.7 Å². The number of allylic oxidation sites excluding steroid dienone is 1. The van der Waals surface area contributed by atoms with Gasteiger partial charge in [-0.3, -0.25) is 0 Å². The van der Waals surface area contributed by atoms with E-state index in [1.54, 1.807) is 13.8 Å². The van der Waals surface area contributed by atoms with E-state index >= 15 is 0 Å². The van der Waals surface area contributed by atoms with Gasteiger partial charge < -0.3 is 15.4 Å². The lowest BCUT2D eigenvalue weighted by atomic mass is 9.95. The zero-order chi connectivity index (χ0) is 16.3. The van der Waals surface area contributed by atoms with Gasteiger partial charge in [0.1, 0.15) is 5.82 Å². The molecule has 0 aromatic heterocycles. The van der Waals surface area contributed by atoms with Crippen molar-refractivity contribution in [2.45, 2.75) is 39.3 Å². The average Bonchev–Trinajstić information content (AvgIpc) is 2.46. The van der Waals surface area contributed by atoms with Crippen LogP contribution in [0.25, 0.3) is 0 Å². The third kappa shape index (κ3) is 3.44. The maximum Gasteiger partial charge on any atom is 0.338 e. The van der Waals surface area contributed by atoms with Crippen LogP contribution in [0, 0.1) is 5.82 Å². The highest BCUT2D eigenvalue weighted by atomic mass is 19.1. The molecule has 22 heavy (non-hydrogen) atoms. The molecule has 1 heterocycles. The first-order chi connectivity index (χ1) is 10.4. The molecule has 0 aliphatic carbocycles. The maximum absolute atomic E-state index is 13.1. The van der Waals surface area contributed by atoms with Gasteiger partial charge in [-0.05, 0) is 38.0 Å². The van der Waals surface area contributed by atoms with E-state index < -0.39 is 18.0 Å². The predicted octanol–water partition coefficient (Wildman–Crippen LogP) is 2.80. The van der Waals surface area contributed by atoms with Crippen LogP contribution in [0.1, 0.15) is 38.8 Å². The number of benzene rings is 1. The van der Waals surface area contributed by atoms with E-state index in [1.165, 1.54) is 24.3 Å². The Bertz CT molecular complexity index is 610. The van der Waals surface area contributed by atoms with E-state index in [4.69, 9.17) is 4.74 Å². The second-order valence-corrected chi connectivity index (χ2v) is 5.25. The molecule has 0 fully saturated rings. The summed E-state index contributed by atoms with van der Waals surface area (Å²) in [5.41, 5.74) is 1.38. The standard InChI is InChI=1S/C16H19FN2O3/c1-4-9(2)22-15(20)13-10(3)18-16(21)19-14(13)11-5-7-12(17)8-6-11/h5-9,14H,4H2,1-3H3,(H2,18,19,21)/t9-,14-/m0/s1. The Morgan fingerprint density at radius 1 is 1.36 bits per heavy atom. The number of nitrogens with one attached hydrogen (secondary N) is 2. The normalized spacial score (nSPS) is 19.3. The van der Waals surface area contributed by atoms with Crippen LogP contribution in [0.15, 0.2) is 35.5 Å². The highest BCUT2D eigenvalue weighted by Gasteiger charge is 2.32. The average molecular weight is 306 g/mol. The second-order valence-electron chi connectivity index (χ2n) is 5.25. The van der Waals surface area contributed by atoms with Crippen LogP contribution in [0.2, 0.25) is 0 Å². The van der Waals surface area contributed by atoms with Crippen LogP contribution in [0.5, 0.6) is 0 Å². The van der Waals surface area contributed by atoms with Crippen molar-refractivity contribution >= 4 is 12.0 Å². The summed E-state index contributed by atoms with van der Waals surface area (Å²) >= 11 is 0. The summed E-state index contributed by atoms with van der Waals surface area (Å²) in [7, 11) is 0. The molecule has 5 nitrogen and oxygen atoms in total. The van der Waals surface area contributed by atoms with Gasteiger partial charge in [-0.2, -0.15) is 0 Å². The SMILES string of the molecule is CC[C@H](C)OC(=O)C1=C(C)NC(=O)N[C@H]1c1ccc(F)cc1. The third-order valence-electron chi connectivity index (χ3n) is 3.58. The van der Waals surface area contributed by atoms with Crippen molar-refractivity contribution in [3.63, 3.8) is 0 Å². The molecule has 2 amide bonds. The molecule has 118 valence electrons. The first-order valence-corrected chi connectivity index (χ1v) is 7.17. The first-order valence-electron chi connectivity index (χ1n) is 7.17. The zero-order valence-electron chi connectivity index (χ0n) is 12.8. The number of amides is 2. The third-order valence-corrected chi connectivity index (χ3v) is 3.58. The Labute approximate surface area is 128 Å². The topological polar surface area (TPSA) is 67.4 Å². The Kier molecular flexibility index (Phi) is 4.80. The number of hydrogen-bond acceptors (Lipinski definition) is 3. The number of hydrogen-bond donors (Lipinski definition) is 2. The van der Waals surface area contributed by atoms with Crippen LogP contribution in [-0.2, 0) is 9.53 Å². The van der Waals surface area contributed by atoms with Gasteiger partial charge in [0.15, 0.2) is 0 Å². The minimum absolute atomic E-state index is 0.223. The molecule has 0 saturated carbocycles. The molecule has 0 unspecified atom stereocenters. The van der Waals surface area contributed by atoms with Crippen molar-refractivity contribution < 1.29 is 18.7 Å². The van der Waals surface area contributed by atoms with Crippen LogP contribution in [0.4, 0.5) is 9.18 Å². The molecule has 1 aromatic carbocycles. The highest BCUT2D eigenvalue weighted by molar-refractivity contribution is 5.95. The summed E-state index contributed by atoms with van der Waals surface area (Å²) in [4.78, 5) is 24.1. The zero-order valence-corrected chi connectivity index (χ0v) is 12.8. The Morgan fingerprint density at radius 2 is 2.00 bits per heavy atom. The summed E-state index contributed by atoms with van der Waals surface area (Å²) in [6.45, 7) is 5.36. The van der Waals surface area contributed by atoms with Gasteiger partial charge in [0.25, 0.3) is 0 Å². The molecule has 2 N–H and O–H groups in total. The molecular weight excluding hydrogens is 287 g/mol. The number of rotatable bonds is 4. The lowest BCUT2D eigenvalue weighted by Crippen LogP contribution is -2.45. The lowest BCUT2D eigenvalue weighted by Gasteiger charge is -2.28. The van der Waals surface area contributed by atoms with Gasteiger partial charge in [-0.15, -0.1) is 0 Å². The Morgan fingerprint density at radius 3 is 2.59 bits per heavy atom. The van der Waals surface area contributed by atoms with Crippen molar-refractivity contribution in [3.8, 4) is 0 Å². The second kappa shape index (κ2) is 6.60. The molecule has 0 saturated heterocycles. The maximum atomic E-state index is 13.1. The summed E-state index contributed by atoms with van der Waals surface area (Å²) in [6, 6.07) is 4.58. The molecule has 0 radical (unpaired) electrons. The van der Waals surface area contributed by atoms with E-state index in [-0.39, 0.29) is 11.9 Å². The fourth-order valence-corrected chi connectivity index (χ4v) is 2.20. The first kappa shape index (κ1) is 16.0. The number of carbonyl (C=O) groups is 2. The summed E-state index contributed by atoms with van der Waals surface area (Å²) in [5, 5.41) is 5.24. The largest absolute Gasteiger partial charge is 0.459 e. The molecular formula is C16H19FN2O3. The number of urea groups is 1. The van der Waals surface area contributed by atoms with Gasteiger partial charge in [0.2, 0.25) is 0 Å². The smallest absolute Gasteiger partial charge is 0.338 e. The van der Waals surface area contributed by atoms with E-state index in [0.717, 1.165) is 0 Å². The molecule has 1 aliphatic rings. The van der Waals surface area contributed by atoms with Crippen LogP contribution < -0.4 is 10.6 Å². The van der Waals surface area contributed by atoms with Crippen molar-refractivity contribution in [1.82, 2.24) is 10.6 Å². The van der Waals surface area contributed by atoms with Crippen LogP contribution in [0.3, 0.4) is 0 Å². The Hall–Kier alpha value is -2.37. The van der Waals surface area contributed by atoms with E-state index in [0.29, 0.717) is 23.3 Å². The fourth-order valence-electron chi connectivity index (χ4n) is 2.20. The Balaban J connectivity index is 2.36. The van der Waals surface area contributed by atoms with Crippen LogP contribution in [-0.4, -0.2) is 18.1 Å². The molecule has 0 bridgehead atoms. The molecule has 1 aliphatic heterocycles. The number of ether oxygens (including phenoxy) is 1. The van der Waals surface area contributed by atoms with Gasteiger partial charge >= 0.3 is 12.0 Å². The lowest BCUT2D eigenvalue weighted by molar-refractivity contribution is -0.144. The van der Waals surface area contributed by atoms with E-state index in [9.17, 15) is 14.0 Å². The highest BCUT2D eigenvalue weighted by Crippen LogP contribution is 2.28. The summed E-state index contributed by atoms with van der Waals surface area (Å²) < 4.78 is 18.4. The van der Waals surface area contributed by atoms with Gasteiger partial charge in [-0.1, -0.05) is 19.1 Å². The fraction of sp³-hybridized carbons (Fsp3) is 0.375. The van der Waals surface area contributed by atoms with E-state index in [1.807, 2.05) is 6.92 Å². The number of carbonyl (C=O) groups excluding carboxylic acids is 2. The number of esters is 1. The minimum atomic E-state index is -0.661. The van der Waals surface area contributed by atoms with E-state index in [2.05, 4.69) is 10.6 Å². The van der Waals surface area contributed by atoms with Gasteiger partial charge in [-0.25, -0.2) is 14.0 Å². The summed E-state index contributed by atoms with van der Waals surface area (Å²) in [6.07, 6.45) is 0.471. The molecule has 0 spiro atoms. The predicted molar refractivity (Wildman–Crippen MR) is 79.4 cm³/mol. The van der Waals surface area contributed by atoms with Crippen molar-refractivity contribution in [2.24, 2.45) is 0 Å². The minimum Gasteiger partial charge on any atom is -0.459 e. The van der Waals surface area contributed by atoms with Crippen molar-refractivity contribution in [2.75, 3.05) is 0 Å². The number of halogens is 1. The van der Waals surface area contributed by atoms with Gasteiger partial charge in [0, 0.05) is 5.70 Å². The molecule has 2 atom stereocenters. The molecule has 1 aromatic rings. The van der Waals surface area contributed by atoms with Crippen LogP contribution >= 0.6 is 0 Å². The summed E-state index contributed by atoms with van der Waals surface area (Å²) in [5.74, 6) is -0.873. The molecule has 2 rings (SSSR count). The monoisotopic (exact) mass is 306 g/mol. The van der Waals surface area contributed by atoms with Crippen molar-refractivity contribution in [3.05, 3.63) is 46.9 Å². The quantitative estimate of drug-likeness (QED) is 0.841. The van der Waals surface area contributed by atoms with Crippen molar-refractivity contribution in [1.29, 1.82) is 0 Å². The molecule has 6 heteroatoms.